The van der Waals surface area contributed by atoms with Gasteiger partial charge in [0.25, 0.3) is 0 Å². The molecule has 0 radical (unpaired) electrons. The Morgan fingerprint density at radius 1 is 1.38 bits per heavy atom. The van der Waals surface area contributed by atoms with E-state index in [2.05, 4.69) is 10.3 Å². The summed E-state index contributed by atoms with van der Waals surface area (Å²) in [6, 6.07) is 0. The fraction of sp³-hybridized carbons (Fsp3) is 0.688. The maximum absolute atomic E-state index is 13.5. The molecule has 0 aromatic carbocycles. The molecule has 3 rings (SSSR count). The van der Waals surface area contributed by atoms with Crippen molar-refractivity contribution in [2.75, 3.05) is 32.7 Å². The van der Waals surface area contributed by atoms with Gasteiger partial charge in [0.1, 0.15) is 5.76 Å². The van der Waals surface area contributed by atoms with Crippen LogP contribution in [0, 0.1) is 18.8 Å². The zero-order valence-corrected chi connectivity index (χ0v) is 14.4. The van der Waals surface area contributed by atoms with E-state index >= 15 is 0 Å². The summed E-state index contributed by atoms with van der Waals surface area (Å²) in [5.74, 6) is -2.74. The first-order chi connectivity index (χ1) is 12.2. The normalized spacial score (nSPS) is 25.2. The van der Waals surface area contributed by atoms with Crippen LogP contribution in [0.4, 0.5) is 13.2 Å². The van der Waals surface area contributed by atoms with Crippen molar-refractivity contribution in [3.63, 3.8) is 0 Å². The third-order valence-electron chi connectivity index (χ3n) is 4.79. The van der Waals surface area contributed by atoms with E-state index in [0.717, 1.165) is 0 Å². The van der Waals surface area contributed by atoms with Crippen molar-refractivity contribution < 1.29 is 27.2 Å². The Kier molecular flexibility index (Phi) is 5.22. The maximum atomic E-state index is 13.5. The summed E-state index contributed by atoms with van der Waals surface area (Å²) < 4.78 is 45.8. The van der Waals surface area contributed by atoms with Gasteiger partial charge in [0.15, 0.2) is 0 Å². The predicted octanol–water partition coefficient (Wildman–Crippen LogP) is 0.942. The van der Waals surface area contributed by atoms with E-state index in [9.17, 15) is 22.8 Å². The molecular weight excluding hydrogens is 353 g/mol. The number of aromatic nitrogens is 1. The summed E-state index contributed by atoms with van der Waals surface area (Å²) >= 11 is 0. The summed E-state index contributed by atoms with van der Waals surface area (Å²) in [7, 11) is 0. The lowest BCUT2D eigenvalue weighted by Gasteiger charge is -2.27. The van der Waals surface area contributed by atoms with Crippen LogP contribution in [0.3, 0.4) is 0 Å². The summed E-state index contributed by atoms with van der Waals surface area (Å²) in [6.07, 6.45) is -2.85. The van der Waals surface area contributed by atoms with E-state index in [0.29, 0.717) is 11.7 Å². The van der Waals surface area contributed by atoms with Crippen LogP contribution < -0.4 is 5.32 Å². The number of alkyl halides is 3. The zero-order valence-electron chi connectivity index (χ0n) is 14.4. The Morgan fingerprint density at radius 2 is 2.15 bits per heavy atom. The number of hydrogen-bond donors (Lipinski definition) is 1. The Hall–Kier alpha value is -2.10. The molecular formula is C16H21F3N4O3. The van der Waals surface area contributed by atoms with Gasteiger partial charge in [-0.25, -0.2) is 4.98 Å². The Morgan fingerprint density at radius 3 is 2.81 bits per heavy atom. The number of halogens is 3. The summed E-state index contributed by atoms with van der Waals surface area (Å²) in [5, 5.41) is 2.62. The van der Waals surface area contributed by atoms with Crippen molar-refractivity contribution >= 4 is 11.8 Å². The third-order valence-corrected chi connectivity index (χ3v) is 4.79. The van der Waals surface area contributed by atoms with Crippen LogP contribution in [0.2, 0.25) is 0 Å². The molecule has 2 aliphatic rings. The summed E-state index contributed by atoms with van der Waals surface area (Å²) in [6.45, 7) is 2.18. The second kappa shape index (κ2) is 7.26. The minimum atomic E-state index is -4.47. The molecule has 2 saturated heterocycles. The molecule has 144 valence electrons. The first-order valence-electron chi connectivity index (χ1n) is 8.50. The predicted molar refractivity (Wildman–Crippen MR) is 83.8 cm³/mol. The number of likely N-dealkylation sites (tertiary alicyclic amines) is 1. The topological polar surface area (TPSA) is 78.7 Å². The standard InChI is InChI=1S/C16H21F3N4O3/c1-10-6-21-14(26-10)9-22-7-11(12(8-22)16(17,18)19)15(25)23-4-2-13(24)20-3-5-23/h6,11-12H,2-5,7-9H2,1H3,(H,20,24)/t11-,12-/m0/s1. The highest BCUT2D eigenvalue weighted by Crippen LogP contribution is 2.39. The van der Waals surface area contributed by atoms with Crippen molar-refractivity contribution in [1.82, 2.24) is 20.1 Å². The molecule has 2 amide bonds. The number of aryl methyl sites for hydroxylation is 1. The molecule has 2 atom stereocenters. The lowest BCUT2D eigenvalue weighted by Crippen LogP contribution is -2.44. The molecule has 1 N–H and O–H groups in total. The third kappa shape index (κ3) is 4.17. The number of carbonyl (C=O) groups is 2. The second-order valence-corrected chi connectivity index (χ2v) is 6.74. The first kappa shape index (κ1) is 18.7. The minimum absolute atomic E-state index is 0.0116. The van der Waals surface area contributed by atoms with Crippen molar-refractivity contribution in [3.05, 3.63) is 17.8 Å². The number of amides is 2. The van der Waals surface area contributed by atoms with Crippen LogP contribution in [0.1, 0.15) is 18.1 Å². The van der Waals surface area contributed by atoms with E-state index in [1.807, 2.05) is 0 Å². The number of oxazole rings is 1. The van der Waals surface area contributed by atoms with Crippen molar-refractivity contribution in [1.29, 1.82) is 0 Å². The number of hydrogen-bond acceptors (Lipinski definition) is 5. The maximum Gasteiger partial charge on any atom is 0.393 e. The Balaban J connectivity index is 1.72. The van der Waals surface area contributed by atoms with E-state index in [4.69, 9.17) is 4.42 Å². The van der Waals surface area contributed by atoms with Crippen LogP contribution >= 0.6 is 0 Å². The Bertz CT molecular complexity index is 676. The number of nitrogens with zero attached hydrogens (tertiary/aromatic N) is 3. The highest BCUT2D eigenvalue weighted by molar-refractivity contribution is 5.82. The molecule has 1 aromatic rings. The molecule has 26 heavy (non-hydrogen) atoms. The molecule has 0 saturated carbocycles. The van der Waals surface area contributed by atoms with Crippen molar-refractivity contribution in [2.24, 2.45) is 11.8 Å². The van der Waals surface area contributed by atoms with Crippen LogP contribution in [0.15, 0.2) is 10.6 Å². The van der Waals surface area contributed by atoms with Gasteiger partial charge in [-0.05, 0) is 6.92 Å². The SMILES string of the molecule is Cc1cnc(CN2C[C@H](C(=O)N3CCNC(=O)CC3)[C@@H](C(F)(F)F)C2)o1. The van der Waals surface area contributed by atoms with Gasteiger partial charge in [0, 0.05) is 39.1 Å². The highest BCUT2D eigenvalue weighted by Gasteiger charge is 2.53. The molecule has 10 heteroatoms. The number of carbonyl (C=O) groups excluding carboxylic acids is 2. The van der Waals surface area contributed by atoms with Crippen molar-refractivity contribution in [2.45, 2.75) is 26.1 Å². The van der Waals surface area contributed by atoms with E-state index < -0.39 is 23.9 Å². The number of nitrogens with one attached hydrogen (secondary N) is 1. The average Bonchev–Trinajstić information content (AvgIpc) is 3.10. The van der Waals surface area contributed by atoms with Gasteiger partial charge in [-0.1, -0.05) is 0 Å². The van der Waals surface area contributed by atoms with Crippen LogP contribution in [-0.2, 0) is 16.1 Å². The van der Waals surface area contributed by atoms with E-state index in [-0.39, 0.29) is 51.6 Å². The molecule has 0 unspecified atom stereocenters. The van der Waals surface area contributed by atoms with E-state index in [1.165, 1.54) is 11.1 Å². The van der Waals surface area contributed by atoms with Crippen LogP contribution in [0.25, 0.3) is 0 Å². The minimum Gasteiger partial charge on any atom is -0.445 e. The number of rotatable bonds is 3. The van der Waals surface area contributed by atoms with Crippen LogP contribution in [-0.4, -0.2) is 65.5 Å². The summed E-state index contributed by atoms with van der Waals surface area (Å²) in [5.41, 5.74) is 0. The monoisotopic (exact) mass is 374 g/mol. The zero-order chi connectivity index (χ0) is 18.9. The van der Waals surface area contributed by atoms with E-state index in [1.54, 1.807) is 11.8 Å². The van der Waals surface area contributed by atoms with Gasteiger partial charge in [0.05, 0.1) is 24.6 Å². The lowest BCUT2D eigenvalue weighted by molar-refractivity contribution is -0.186. The molecule has 0 aliphatic carbocycles. The molecule has 3 heterocycles. The highest BCUT2D eigenvalue weighted by atomic mass is 19.4. The lowest BCUT2D eigenvalue weighted by atomic mass is 9.94. The largest absolute Gasteiger partial charge is 0.445 e. The molecule has 2 aliphatic heterocycles. The van der Waals surface area contributed by atoms with Gasteiger partial charge in [-0.15, -0.1) is 0 Å². The fourth-order valence-electron chi connectivity index (χ4n) is 3.48. The fourth-order valence-corrected chi connectivity index (χ4v) is 3.48. The molecule has 1 aromatic heterocycles. The summed E-state index contributed by atoms with van der Waals surface area (Å²) in [4.78, 5) is 31.1. The average molecular weight is 374 g/mol. The molecule has 7 nitrogen and oxygen atoms in total. The van der Waals surface area contributed by atoms with Crippen molar-refractivity contribution in [3.8, 4) is 0 Å². The van der Waals surface area contributed by atoms with Gasteiger partial charge >= 0.3 is 6.18 Å². The quantitative estimate of drug-likeness (QED) is 0.852. The second-order valence-electron chi connectivity index (χ2n) is 6.74. The Labute approximate surface area is 148 Å². The molecule has 0 bridgehead atoms. The van der Waals surface area contributed by atoms with Gasteiger partial charge < -0.3 is 14.6 Å². The first-order valence-corrected chi connectivity index (χ1v) is 8.50. The molecule has 2 fully saturated rings. The van der Waals surface area contributed by atoms with Gasteiger partial charge in [-0.3, -0.25) is 14.5 Å². The van der Waals surface area contributed by atoms with Crippen LogP contribution in [0.5, 0.6) is 0 Å². The van der Waals surface area contributed by atoms with Gasteiger partial charge in [-0.2, -0.15) is 13.2 Å². The smallest absolute Gasteiger partial charge is 0.393 e. The molecule has 0 spiro atoms. The van der Waals surface area contributed by atoms with Gasteiger partial charge in [0.2, 0.25) is 17.7 Å².